The van der Waals surface area contributed by atoms with Gasteiger partial charge in [-0.1, -0.05) is 61.0 Å². The number of fused-ring (bicyclic) bond motifs is 7. The first-order valence-electron chi connectivity index (χ1n) is 14.4. The molecule has 35 heavy (non-hydrogen) atoms. The number of rotatable bonds is 1. The Balaban J connectivity index is 1.58. The van der Waals surface area contributed by atoms with Crippen LogP contribution in [0.15, 0.2) is 11.6 Å². The molecule has 0 aromatic rings. The molecule has 5 aliphatic carbocycles. The van der Waals surface area contributed by atoms with Crippen molar-refractivity contribution in [3.8, 4) is 0 Å². The van der Waals surface area contributed by atoms with Gasteiger partial charge < -0.3 is 4.74 Å². The van der Waals surface area contributed by atoms with E-state index in [2.05, 4.69) is 61.5 Å². The van der Waals surface area contributed by atoms with E-state index < -0.39 is 0 Å². The van der Waals surface area contributed by atoms with Crippen LogP contribution >= 0.6 is 0 Å². The summed E-state index contributed by atoms with van der Waals surface area (Å²) >= 11 is 0. The lowest BCUT2D eigenvalue weighted by atomic mass is 9.33. The van der Waals surface area contributed by atoms with Gasteiger partial charge in [-0.15, -0.1) is 0 Å². The van der Waals surface area contributed by atoms with Crippen molar-refractivity contribution in [2.75, 3.05) is 0 Å². The normalized spacial score (nSPS) is 50.1. The van der Waals surface area contributed by atoms with Crippen LogP contribution in [-0.2, 0) is 14.3 Å². The number of hydrogen-bond acceptors (Lipinski definition) is 3. The molecule has 0 bridgehead atoms. The van der Waals surface area contributed by atoms with E-state index in [1.54, 1.807) is 0 Å². The molecule has 0 saturated heterocycles. The van der Waals surface area contributed by atoms with Crippen molar-refractivity contribution < 1.29 is 14.3 Å². The van der Waals surface area contributed by atoms with Crippen molar-refractivity contribution in [3.05, 3.63) is 11.6 Å². The summed E-state index contributed by atoms with van der Waals surface area (Å²) in [6, 6.07) is 0. The molecular formula is C32H50O3. The fourth-order valence-corrected chi connectivity index (χ4v) is 10.7. The molecule has 8 atom stereocenters. The lowest BCUT2D eigenvalue weighted by Gasteiger charge is -2.70. The summed E-state index contributed by atoms with van der Waals surface area (Å²) in [5.74, 6) is 1.20. The van der Waals surface area contributed by atoms with E-state index in [9.17, 15) is 9.59 Å². The lowest BCUT2D eigenvalue weighted by Crippen LogP contribution is -2.66. The largest absolute Gasteiger partial charge is 0.462 e. The number of hydrogen-bond donors (Lipinski definition) is 0. The molecule has 0 spiro atoms. The molecule has 5 aliphatic rings. The summed E-state index contributed by atoms with van der Waals surface area (Å²) < 4.78 is 5.85. The van der Waals surface area contributed by atoms with Crippen molar-refractivity contribution >= 4 is 11.8 Å². The highest BCUT2D eigenvalue weighted by molar-refractivity contribution is 5.95. The average molecular weight is 483 g/mol. The number of ketones is 1. The second-order valence-electron chi connectivity index (χ2n) is 15.8. The zero-order valence-electron chi connectivity index (χ0n) is 24.0. The Bertz CT molecular complexity index is 973. The van der Waals surface area contributed by atoms with Crippen LogP contribution in [0.3, 0.4) is 0 Å². The van der Waals surface area contributed by atoms with Gasteiger partial charge in [-0.2, -0.15) is 0 Å². The number of ether oxygens (including phenoxy) is 1. The first-order valence-corrected chi connectivity index (χ1v) is 14.4. The van der Waals surface area contributed by atoms with Gasteiger partial charge >= 0.3 is 5.97 Å². The van der Waals surface area contributed by atoms with Crippen LogP contribution < -0.4 is 0 Å². The minimum Gasteiger partial charge on any atom is -0.462 e. The predicted octanol–water partition coefficient (Wildman–Crippen LogP) is 7.92. The van der Waals surface area contributed by atoms with Crippen LogP contribution in [0.1, 0.15) is 120 Å². The van der Waals surface area contributed by atoms with Crippen LogP contribution in [0, 0.1) is 50.2 Å². The second-order valence-corrected chi connectivity index (χ2v) is 15.8. The SMILES string of the molecule is CC(=O)OC1CC[C@]2(C)[C@H]3C(=O)C=C4[C@@H]5CC(C)(C)CC[C@]5(C)CC[C@@]4(C)[C@]3(C)CC[C@H]2C1(C)C. The molecule has 0 radical (unpaired) electrons. The molecule has 4 saturated carbocycles. The van der Waals surface area contributed by atoms with E-state index in [0.29, 0.717) is 28.4 Å². The number of carbonyl (C=O) groups excluding carboxylic acids is 2. The highest BCUT2D eigenvalue weighted by Gasteiger charge is 2.70. The third-order valence-electron chi connectivity index (χ3n) is 13.0. The monoisotopic (exact) mass is 482 g/mol. The van der Waals surface area contributed by atoms with Crippen LogP contribution in [-0.4, -0.2) is 17.9 Å². The summed E-state index contributed by atoms with van der Waals surface area (Å²) in [6.07, 6.45) is 12.5. The molecule has 0 N–H and O–H groups in total. The third kappa shape index (κ3) is 3.34. The third-order valence-corrected chi connectivity index (χ3v) is 13.0. The maximum atomic E-state index is 14.3. The minimum absolute atomic E-state index is 0.00726. The van der Waals surface area contributed by atoms with Gasteiger partial charge in [0.15, 0.2) is 5.78 Å². The standard InChI is InChI=1S/C32H50O3/c1-20(33)35-25-11-12-30(7)24(28(25,4)5)10-13-32(9)26(30)23(34)18-21-22-19-27(2,3)14-15-29(22,6)16-17-31(21,32)8/h18,22,24-26H,10-17,19H2,1-9H3/t22-,24-,25?,26+,29+,30-,31+,32+/m0/s1. The molecule has 3 nitrogen and oxygen atoms in total. The lowest BCUT2D eigenvalue weighted by molar-refractivity contribution is -0.210. The molecular weight excluding hydrogens is 432 g/mol. The molecule has 4 fully saturated rings. The molecule has 5 rings (SSSR count). The molecule has 1 unspecified atom stereocenters. The molecule has 0 aromatic heterocycles. The van der Waals surface area contributed by atoms with Crippen LogP contribution in [0.4, 0.5) is 0 Å². The van der Waals surface area contributed by atoms with Gasteiger partial charge in [0.25, 0.3) is 0 Å². The van der Waals surface area contributed by atoms with E-state index in [1.165, 1.54) is 44.6 Å². The average Bonchev–Trinajstić information content (AvgIpc) is 2.72. The minimum atomic E-state index is -0.179. The molecule has 0 aliphatic heterocycles. The van der Waals surface area contributed by atoms with Gasteiger partial charge in [0.05, 0.1) is 0 Å². The Morgan fingerprint density at radius 3 is 2.20 bits per heavy atom. The van der Waals surface area contributed by atoms with E-state index in [-0.39, 0.29) is 39.7 Å². The van der Waals surface area contributed by atoms with Crippen molar-refractivity contribution in [2.45, 2.75) is 126 Å². The summed E-state index contributed by atoms with van der Waals surface area (Å²) in [4.78, 5) is 26.2. The second kappa shape index (κ2) is 7.47. The van der Waals surface area contributed by atoms with Gasteiger partial charge in [-0.05, 0) is 103 Å². The van der Waals surface area contributed by atoms with E-state index in [1.807, 2.05) is 0 Å². The zero-order valence-corrected chi connectivity index (χ0v) is 24.0. The van der Waals surface area contributed by atoms with Crippen LogP contribution in [0.2, 0.25) is 0 Å². The quantitative estimate of drug-likeness (QED) is 0.357. The number of carbonyl (C=O) groups is 2. The Kier molecular flexibility index (Phi) is 5.45. The van der Waals surface area contributed by atoms with Crippen LogP contribution in [0.25, 0.3) is 0 Å². The summed E-state index contributed by atoms with van der Waals surface area (Å²) in [5.41, 5.74) is 2.12. The molecule has 0 heterocycles. The summed E-state index contributed by atoms with van der Waals surface area (Å²) in [7, 11) is 0. The Morgan fingerprint density at radius 2 is 1.54 bits per heavy atom. The van der Waals surface area contributed by atoms with E-state index in [0.717, 1.165) is 25.7 Å². The highest BCUT2D eigenvalue weighted by atomic mass is 16.5. The number of esters is 1. The van der Waals surface area contributed by atoms with Crippen molar-refractivity contribution in [3.63, 3.8) is 0 Å². The Morgan fingerprint density at radius 1 is 0.886 bits per heavy atom. The Hall–Kier alpha value is -1.12. The van der Waals surface area contributed by atoms with Crippen molar-refractivity contribution in [1.29, 1.82) is 0 Å². The van der Waals surface area contributed by atoms with Gasteiger partial charge in [-0.25, -0.2) is 0 Å². The van der Waals surface area contributed by atoms with E-state index in [4.69, 9.17) is 4.74 Å². The van der Waals surface area contributed by atoms with Gasteiger partial charge in [-0.3, -0.25) is 9.59 Å². The van der Waals surface area contributed by atoms with Crippen LogP contribution in [0.5, 0.6) is 0 Å². The van der Waals surface area contributed by atoms with Crippen molar-refractivity contribution in [1.82, 2.24) is 0 Å². The smallest absolute Gasteiger partial charge is 0.302 e. The molecule has 3 heteroatoms. The maximum Gasteiger partial charge on any atom is 0.302 e. The molecule has 196 valence electrons. The summed E-state index contributed by atoms with van der Waals surface area (Å²) in [6.45, 7) is 20.9. The predicted molar refractivity (Wildman–Crippen MR) is 141 cm³/mol. The van der Waals surface area contributed by atoms with Crippen molar-refractivity contribution in [2.24, 2.45) is 50.2 Å². The van der Waals surface area contributed by atoms with E-state index >= 15 is 0 Å². The first kappa shape index (κ1) is 25.5. The number of allylic oxidation sites excluding steroid dienone is 2. The first-order chi connectivity index (χ1) is 16.0. The fraction of sp³-hybridized carbons (Fsp3) is 0.875. The summed E-state index contributed by atoms with van der Waals surface area (Å²) in [5, 5.41) is 0. The highest BCUT2D eigenvalue weighted by Crippen LogP contribution is 2.75. The maximum absolute atomic E-state index is 14.3. The fourth-order valence-electron chi connectivity index (χ4n) is 10.7. The molecule has 0 amide bonds. The van der Waals surface area contributed by atoms with Gasteiger partial charge in [0.2, 0.25) is 0 Å². The van der Waals surface area contributed by atoms with Gasteiger partial charge in [0.1, 0.15) is 6.10 Å². The zero-order chi connectivity index (χ0) is 25.8. The van der Waals surface area contributed by atoms with Gasteiger partial charge in [0, 0.05) is 18.3 Å². The topological polar surface area (TPSA) is 43.4 Å². The Labute approximate surface area is 214 Å². The molecule has 0 aromatic carbocycles.